The predicted octanol–water partition coefficient (Wildman–Crippen LogP) is 7.60. The number of ether oxygens (including phenoxy) is 2. The van der Waals surface area contributed by atoms with Crippen LogP contribution in [-0.2, 0) is 29.0 Å². The van der Waals surface area contributed by atoms with Gasteiger partial charge >= 0.3 is 24.2 Å². The zero-order chi connectivity index (χ0) is 31.0. The van der Waals surface area contributed by atoms with Crippen LogP contribution >= 0.6 is 0 Å². The van der Waals surface area contributed by atoms with E-state index in [1.165, 1.54) is 0 Å². The first-order valence-electron chi connectivity index (χ1n) is 14.8. The Morgan fingerprint density at radius 1 is 0.535 bits per heavy atom. The minimum Gasteiger partial charge on any atom is -0.428 e. The van der Waals surface area contributed by atoms with E-state index in [0.29, 0.717) is 37.5 Å². The monoisotopic (exact) mass is 596 g/mol. The van der Waals surface area contributed by atoms with Gasteiger partial charge in [-0.05, 0) is 107 Å². The van der Waals surface area contributed by atoms with E-state index in [9.17, 15) is 19.2 Å². The molecule has 232 valence electrons. The van der Waals surface area contributed by atoms with Gasteiger partial charge in [-0.25, -0.2) is 29.1 Å². The smallest absolute Gasteiger partial charge is 0.428 e. The Hall–Kier alpha value is -4.08. The van der Waals surface area contributed by atoms with Crippen molar-refractivity contribution in [3.8, 4) is 0 Å². The van der Waals surface area contributed by atoms with Crippen molar-refractivity contribution >= 4 is 24.2 Å². The maximum Gasteiger partial charge on any atom is 0.550 e. The van der Waals surface area contributed by atoms with Gasteiger partial charge in [0.25, 0.3) is 0 Å². The van der Waals surface area contributed by atoms with Crippen molar-refractivity contribution in [1.82, 2.24) is 0 Å². The molecule has 0 N–H and O–H groups in total. The van der Waals surface area contributed by atoms with Crippen LogP contribution in [0.5, 0.6) is 0 Å². The van der Waals surface area contributed by atoms with Crippen LogP contribution in [0.3, 0.4) is 0 Å². The topological polar surface area (TPSA) is 124 Å². The average molecular weight is 597 g/mol. The van der Waals surface area contributed by atoms with Gasteiger partial charge in [-0.3, -0.25) is 0 Å². The minimum absolute atomic E-state index is 0.0457. The second-order valence-corrected chi connectivity index (χ2v) is 12.1. The molecule has 0 bridgehead atoms. The fourth-order valence-electron chi connectivity index (χ4n) is 6.11. The zero-order valence-electron chi connectivity index (χ0n) is 25.2. The van der Waals surface area contributed by atoms with E-state index in [0.717, 1.165) is 36.8 Å². The Bertz CT molecular complexity index is 1150. The lowest BCUT2D eigenvalue weighted by molar-refractivity contribution is -0.209. The van der Waals surface area contributed by atoms with Crippen molar-refractivity contribution in [1.29, 1.82) is 0 Å². The van der Waals surface area contributed by atoms with Crippen LogP contribution in [0.25, 0.3) is 0 Å². The standard InChI is InChI=1S/C33H40O10/c1-21-5-9-23(10-6-21)29(34)40-42-31(36)38-27-17-13-25(14-18-27)33(3,4)26-15-19-28(20-16-26)39-32(37)43-41-30(35)24-11-7-22(2)8-12-24/h5-12,25-28H,13-20H2,1-4H3. The van der Waals surface area contributed by atoms with E-state index < -0.39 is 24.2 Å². The van der Waals surface area contributed by atoms with Crippen LogP contribution < -0.4 is 0 Å². The molecule has 0 radical (unpaired) electrons. The number of carbonyl (C=O) groups is 4. The fraction of sp³-hybridized carbons (Fsp3) is 0.515. The van der Waals surface area contributed by atoms with E-state index in [4.69, 9.17) is 9.47 Å². The third kappa shape index (κ3) is 8.95. The van der Waals surface area contributed by atoms with Gasteiger partial charge in [0.1, 0.15) is 12.2 Å². The Balaban J connectivity index is 1.13. The average Bonchev–Trinajstić information content (AvgIpc) is 3.00. The van der Waals surface area contributed by atoms with Gasteiger partial charge < -0.3 is 9.47 Å². The van der Waals surface area contributed by atoms with Crippen molar-refractivity contribution < 1.29 is 48.2 Å². The molecule has 43 heavy (non-hydrogen) atoms. The maximum absolute atomic E-state index is 12.1. The van der Waals surface area contributed by atoms with Gasteiger partial charge in [0.05, 0.1) is 11.1 Å². The fourth-order valence-corrected chi connectivity index (χ4v) is 6.11. The third-order valence-corrected chi connectivity index (χ3v) is 8.92. The Morgan fingerprint density at radius 2 is 0.860 bits per heavy atom. The number of hydrogen-bond acceptors (Lipinski definition) is 10. The second kappa shape index (κ2) is 14.4. The van der Waals surface area contributed by atoms with Crippen LogP contribution in [0.15, 0.2) is 48.5 Å². The number of aryl methyl sites for hydroxylation is 2. The molecule has 2 saturated carbocycles. The summed E-state index contributed by atoms with van der Waals surface area (Å²) in [6.07, 6.45) is 3.71. The first-order valence-corrected chi connectivity index (χ1v) is 14.8. The van der Waals surface area contributed by atoms with E-state index in [1.807, 2.05) is 13.8 Å². The van der Waals surface area contributed by atoms with Gasteiger partial charge in [-0.15, -0.1) is 0 Å². The highest BCUT2D eigenvalue weighted by Crippen LogP contribution is 2.49. The third-order valence-electron chi connectivity index (χ3n) is 8.92. The molecule has 4 rings (SSSR count). The maximum atomic E-state index is 12.1. The largest absolute Gasteiger partial charge is 0.550 e. The molecular weight excluding hydrogens is 556 g/mol. The molecule has 0 unspecified atom stereocenters. The number of hydrogen-bond donors (Lipinski definition) is 0. The molecular formula is C33H40O10. The van der Waals surface area contributed by atoms with Gasteiger partial charge in [-0.1, -0.05) is 49.2 Å². The summed E-state index contributed by atoms with van der Waals surface area (Å²) >= 11 is 0. The van der Waals surface area contributed by atoms with Crippen molar-refractivity contribution in [3.05, 3.63) is 70.8 Å². The summed E-state index contributed by atoms with van der Waals surface area (Å²) in [4.78, 5) is 66.7. The summed E-state index contributed by atoms with van der Waals surface area (Å²) in [6, 6.07) is 13.4. The molecule has 0 atom stereocenters. The summed E-state index contributed by atoms with van der Waals surface area (Å²) < 4.78 is 10.8. The van der Waals surface area contributed by atoms with Gasteiger partial charge in [0, 0.05) is 0 Å². The van der Waals surface area contributed by atoms with Crippen LogP contribution in [-0.4, -0.2) is 36.5 Å². The van der Waals surface area contributed by atoms with Crippen LogP contribution in [0.2, 0.25) is 0 Å². The molecule has 0 aromatic heterocycles. The molecule has 0 amide bonds. The lowest BCUT2D eigenvalue weighted by Gasteiger charge is -2.46. The molecule has 0 saturated heterocycles. The van der Waals surface area contributed by atoms with E-state index in [2.05, 4.69) is 33.4 Å². The minimum atomic E-state index is -1.02. The number of rotatable bonds is 6. The molecule has 2 fully saturated rings. The van der Waals surface area contributed by atoms with E-state index >= 15 is 0 Å². The Kier molecular flexibility index (Phi) is 10.7. The SMILES string of the molecule is Cc1ccc(C(=O)OOC(=O)OC2CCC(C(C)(C)C3CCC(OC(=O)OOC(=O)c4ccc(C)cc4)CC3)CC2)cc1. The van der Waals surface area contributed by atoms with Crippen molar-refractivity contribution in [2.24, 2.45) is 17.3 Å². The van der Waals surface area contributed by atoms with Crippen molar-refractivity contribution in [2.45, 2.75) is 91.3 Å². The van der Waals surface area contributed by atoms with Crippen LogP contribution in [0.1, 0.15) is 97.1 Å². The van der Waals surface area contributed by atoms with Gasteiger partial charge in [0.2, 0.25) is 0 Å². The normalized spacial score (nSPS) is 22.0. The number of benzene rings is 2. The first kappa shape index (κ1) is 31.8. The molecule has 2 aliphatic carbocycles. The van der Waals surface area contributed by atoms with Crippen LogP contribution in [0.4, 0.5) is 9.59 Å². The van der Waals surface area contributed by atoms with Crippen LogP contribution in [0, 0.1) is 31.1 Å². The highest BCUT2D eigenvalue weighted by molar-refractivity contribution is 5.89. The molecule has 10 heteroatoms. The lowest BCUT2D eigenvalue weighted by Crippen LogP contribution is -2.39. The van der Waals surface area contributed by atoms with Crippen molar-refractivity contribution in [3.63, 3.8) is 0 Å². The molecule has 0 aliphatic heterocycles. The van der Waals surface area contributed by atoms with Crippen molar-refractivity contribution in [2.75, 3.05) is 0 Å². The van der Waals surface area contributed by atoms with Gasteiger partial charge in [-0.2, -0.15) is 9.59 Å². The summed E-state index contributed by atoms with van der Waals surface area (Å²) in [6.45, 7) is 8.36. The molecule has 0 heterocycles. The second-order valence-electron chi connectivity index (χ2n) is 12.1. The summed E-state index contributed by atoms with van der Waals surface area (Å²) in [5.41, 5.74) is 2.59. The zero-order valence-corrected chi connectivity index (χ0v) is 25.2. The quantitative estimate of drug-likeness (QED) is 0.187. The molecule has 2 aromatic rings. The van der Waals surface area contributed by atoms with E-state index in [-0.39, 0.29) is 28.7 Å². The van der Waals surface area contributed by atoms with E-state index in [1.54, 1.807) is 48.5 Å². The molecule has 10 nitrogen and oxygen atoms in total. The highest BCUT2D eigenvalue weighted by Gasteiger charge is 2.41. The predicted molar refractivity (Wildman–Crippen MR) is 154 cm³/mol. The summed E-state index contributed by atoms with van der Waals surface area (Å²) in [5, 5.41) is 0. The molecule has 0 spiro atoms. The molecule has 2 aromatic carbocycles. The Morgan fingerprint density at radius 3 is 1.19 bits per heavy atom. The molecule has 2 aliphatic rings. The summed E-state index contributed by atoms with van der Waals surface area (Å²) in [7, 11) is 0. The van der Waals surface area contributed by atoms with Gasteiger partial charge in [0.15, 0.2) is 0 Å². The number of carbonyl (C=O) groups excluding carboxylic acids is 4. The Labute approximate surface area is 251 Å². The lowest BCUT2D eigenvalue weighted by atomic mass is 9.60. The highest BCUT2D eigenvalue weighted by atomic mass is 17.2. The summed E-state index contributed by atoms with van der Waals surface area (Å²) in [5.74, 6) is -0.644. The first-order chi connectivity index (χ1) is 20.5.